The molecule has 0 spiro atoms. The Hall–Kier alpha value is -1.59. The second-order valence-electron chi connectivity index (χ2n) is 4.23. The molecule has 0 aromatic carbocycles. The van der Waals surface area contributed by atoms with Gasteiger partial charge >= 0.3 is 5.69 Å². The molecule has 1 atom stereocenters. The van der Waals surface area contributed by atoms with Gasteiger partial charge in [-0.2, -0.15) is 5.10 Å². The van der Waals surface area contributed by atoms with Crippen LogP contribution in [0.25, 0.3) is 0 Å². The number of nitrogens with two attached hydrogens (primary N) is 1. The van der Waals surface area contributed by atoms with E-state index >= 15 is 0 Å². The molecular formula is C11H20N4O2. The van der Waals surface area contributed by atoms with Crippen molar-refractivity contribution in [1.82, 2.24) is 9.78 Å². The smallest absolute Gasteiger partial charge is 0.333 e. The largest absolute Gasteiger partial charge is 0.378 e. The van der Waals surface area contributed by atoms with E-state index in [-0.39, 0.29) is 17.5 Å². The molecule has 1 aromatic rings. The van der Waals surface area contributed by atoms with Crippen molar-refractivity contribution >= 4 is 11.5 Å². The predicted octanol–water partition coefficient (Wildman–Crippen LogP) is 2.82. The van der Waals surface area contributed by atoms with Crippen molar-refractivity contribution in [2.24, 2.45) is 0 Å². The van der Waals surface area contributed by atoms with Gasteiger partial charge in [-0.1, -0.05) is 26.7 Å². The van der Waals surface area contributed by atoms with Crippen LogP contribution in [-0.4, -0.2) is 14.7 Å². The van der Waals surface area contributed by atoms with Crippen LogP contribution in [0.15, 0.2) is 0 Å². The third-order valence-corrected chi connectivity index (χ3v) is 2.98. The molecule has 0 fully saturated rings. The second kappa shape index (κ2) is 5.65. The number of rotatable bonds is 6. The van der Waals surface area contributed by atoms with Crippen LogP contribution in [0, 0.1) is 17.0 Å². The van der Waals surface area contributed by atoms with Crippen molar-refractivity contribution in [3.63, 3.8) is 0 Å². The second-order valence-corrected chi connectivity index (χ2v) is 4.23. The van der Waals surface area contributed by atoms with Crippen molar-refractivity contribution in [1.29, 1.82) is 0 Å². The summed E-state index contributed by atoms with van der Waals surface area (Å²) in [6.45, 7) is 5.78. The van der Waals surface area contributed by atoms with Crippen molar-refractivity contribution in [2.75, 3.05) is 5.73 Å². The molecule has 6 heteroatoms. The van der Waals surface area contributed by atoms with Gasteiger partial charge in [0.25, 0.3) is 0 Å². The Morgan fingerprint density at radius 3 is 2.59 bits per heavy atom. The highest BCUT2D eigenvalue weighted by molar-refractivity contribution is 5.56. The molecule has 1 heterocycles. The van der Waals surface area contributed by atoms with Gasteiger partial charge in [0.15, 0.2) is 0 Å². The van der Waals surface area contributed by atoms with E-state index in [1.54, 1.807) is 11.6 Å². The Labute approximate surface area is 101 Å². The molecule has 0 amide bonds. The van der Waals surface area contributed by atoms with E-state index in [4.69, 9.17) is 5.73 Å². The molecule has 17 heavy (non-hydrogen) atoms. The molecule has 0 bridgehead atoms. The van der Waals surface area contributed by atoms with Gasteiger partial charge < -0.3 is 5.73 Å². The normalized spacial score (nSPS) is 12.6. The molecule has 1 aromatic heterocycles. The lowest BCUT2D eigenvalue weighted by atomic mass is 10.1. The summed E-state index contributed by atoms with van der Waals surface area (Å²) in [4.78, 5) is 10.4. The van der Waals surface area contributed by atoms with Crippen LogP contribution in [0.5, 0.6) is 0 Å². The highest BCUT2D eigenvalue weighted by Gasteiger charge is 2.25. The van der Waals surface area contributed by atoms with Gasteiger partial charge in [0, 0.05) is 0 Å². The van der Waals surface area contributed by atoms with Gasteiger partial charge in [0.1, 0.15) is 5.69 Å². The molecule has 0 radical (unpaired) electrons. The topological polar surface area (TPSA) is 87.0 Å². The molecule has 0 aliphatic heterocycles. The summed E-state index contributed by atoms with van der Waals surface area (Å²) in [5.41, 5.74) is 6.15. The van der Waals surface area contributed by atoms with Crippen LogP contribution < -0.4 is 5.73 Å². The first-order valence-electron chi connectivity index (χ1n) is 6.01. The first kappa shape index (κ1) is 13.5. The quantitative estimate of drug-likeness (QED) is 0.611. The molecular weight excluding hydrogens is 220 g/mol. The number of nitrogen functional groups attached to an aromatic ring is 1. The first-order chi connectivity index (χ1) is 8.02. The summed E-state index contributed by atoms with van der Waals surface area (Å²) in [6.07, 6.45) is 4.00. The van der Waals surface area contributed by atoms with E-state index in [0.717, 1.165) is 25.7 Å². The highest BCUT2D eigenvalue weighted by atomic mass is 16.6. The lowest BCUT2D eigenvalue weighted by molar-refractivity contribution is -0.384. The Balaban J connectivity index is 3.04. The maximum absolute atomic E-state index is 10.9. The number of nitro groups is 1. The molecule has 0 saturated heterocycles. The van der Waals surface area contributed by atoms with E-state index in [0.29, 0.717) is 5.69 Å². The third kappa shape index (κ3) is 2.75. The van der Waals surface area contributed by atoms with Crippen molar-refractivity contribution in [2.45, 2.75) is 52.5 Å². The molecule has 6 nitrogen and oxygen atoms in total. The van der Waals surface area contributed by atoms with Crippen molar-refractivity contribution < 1.29 is 4.92 Å². The first-order valence-corrected chi connectivity index (χ1v) is 6.01. The van der Waals surface area contributed by atoms with Crippen LogP contribution in [0.3, 0.4) is 0 Å². The number of nitrogens with zero attached hydrogens (tertiary/aromatic N) is 3. The molecule has 2 N–H and O–H groups in total. The Bertz CT molecular complexity index is 400. The zero-order valence-corrected chi connectivity index (χ0v) is 10.6. The number of hydrogen-bond donors (Lipinski definition) is 1. The summed E-state index contributed by atoms with van der Waals surface area (Å²) in [6, 6.07) is 0.155. The van der Waals surface area contributed by atoms with E-state index in [1.165, 1.54) is 0 Å². The Morgan fingerprint density at radius 1 is 1.53 bits per heavy atom. The van der Waals surface area contributed by atoms with Gasteiger partial charge in [-0.25, -0.2) is 4.68 Å². The number of aryl methyl sites for hydroxylation is 1. The third-order valence-electron chi connectivity index (χ3n) is 2.98. The molecule has 1 rings (SSSR count). The summed E-state index contributed by atoms with van der Waals surface area (Å²) >= 11 is 0. The average molecular weight is 240 g/mol. The fourth-order valence-electron chi connectivity index (χ4n) is 2.00. The monoisotopic (exact) mass is 240 g/mol. The number of hydrogen-bond acceptors (Lipinski definition) is 4. The molecule has 1 unspecified atom stereocenters. The predicted molar refractivity (Wildman–Crippen MR) is 66.9 cm³/mol. The van der Waals surface area contributed by atoms with Crippen LogP contribution in [0.2, 0.25) is 0 Å². The number of anilines is 1. The SMILES string of the molecule is CCCCC(CC)n1nc(C)c([N+](=O)[O-])c1N. The van der Waals surface area contributed by atoms with E-state index in [2.05, 4.69) is 12.0 Å². The van der Waals surface area contributed by atoms with Crippen molar-refractivity contribution in [3.8, 4) is 0 Å². The fraction of sp³-hybridized carbons (Fsp3) is 0.727. The van der Waals surface area contributed by atoms with Gasteiger partial charge in [-0.05, 0) is 19.8 Å². The van der Waals surface area contributed by atoms with Crippen molar-refractivity contribution in [3.05, 3.63) is 15.8 Å². The maximum Gasteiger partial charge on any atom is 0.333 e. The highest BCUT2D eigenvalue weighted by Crippen LogP contribution is 2.30. The maximum atomic E-state index is 10.9. The Kier molecular flexibility index (Phi) is 4.48. The van der Waals surface area contributed by atoms with Gasteiger partial charge in [-0.3, -0.25) is 10.1 Å². The van der Waals surface area contributed by atoms with Crippen LogP contribution in [0.4, 0.5) is 11.5 Å². The van der Waals surface area contributed by atoms with Crippen LogP contribution in [0.1, 0.15) is 51.3 Å². The summed E-state index contributed by atoms with van der Waals surface area (Å²) < 4.78 is 1.61. The summed E-state index contributed by atoms with van der Waals surface area (Å²) in [7, 11) is 0. The van der Waals surface area contributed by atoms with Gasteiger partial charge in [0.05, 0.1) is 11.0 Å². The summed E-state index contributed by atoms with van der Waals surface area (Å²) in [5, 5.41) is 15.1. The fourth-order valence-corrected chi connectivity index (χ4v) is 2.00. The minimum Gasteiger partial charge on any atom is -0.378 e. The molecule has 0 saturated carbocycles. The van der Waals surface area contributed by atoms with Crippen LogP contribution in [-0.2, 0) is 0 Å². The van der Waals surface area contributed by atoms with E-state index in [9.17, 15) is 10.1 Å². The standard InChI is InChI=1S/C11H20N4O2/c1-4-6-7-9(5-2)14-11(12)10(15(16)17)8(3)13-14/h9H,4-7,12H2,1-3H3. The van der Waals surface area contributed by atoms with E-state index in [1.807, 2.05) is 6.92 Å². The molecule has 0 aliphatic rings. The zero-order valence-electron chi connectivity index (χ0n) is 10.6. The molecule has 96 valence electrons. The lowest BCUT2D eigenvalue weighted by Gasteiger charge is -2.15. The zero-order chi connectivity index (χ0) is 13.0. The summed E-state index contributed by atoms with van der Waals surface area (Å²) in [5.74, 6) is 0.176. The Morgan fingerprint density at radius 2 is 2.18 bits per heavy atom. The van der Waals surface area contributed by atoms with Gasteiger partial charge in [0.2, 0.25) is 5.82 Å². The number of aromatic nitrogens is 2. The van der Waals surface area contributed by atoms with Crippen LogP contribution >= 0.6 is 0 Å². The van der Waals surface area contributed by atoms with Gasteiger partial charge in [-0.15, -0.1) is 0 Å². The minimum absolute atomic E-state index is 0.0556. The van der Waals surface area contributed by atoms with E-state index < -0.39 is 4.92 Å². The lowest BCUT2D eigenvalue weighted by Crippen LogP contribution is -2.13. The minimum atomic E-state index is -0.458. The number of unbranched alkanes of at least 4 members (excludes halogenated alkanes) is 1. The molecule has 0 aliphatic carbocycles. The average Bonchev–Trinajstić information content (AvgIpc) is 2.56.